The van der Waals surface area contributed by atoms with Gasteiger partial charge in [-0.3, -0.25) is 5.10 Å². The van der Waals surface area contributed by atoms with Crippen LogP contribution in [0.2, 0.25) is 0 Å². The summed E-state index contributed by atoms with van der Waals surface area (Å²) in [6, 6.07) is 5.91. The Morgan fingerprint density at radius 2 is 2.21 bits per heavy atom. The summed E-state index contributed by atoms with van der Waals surface area (Å²) in [4.78, 5) is 10.9. The van der Waals surface area contributed by atoms with E-state index in [0.717, 1.165) is 27.0 Å². The molecule has 0 amide bonds. The number of aromatic nitrogens is 4. The van der Waals surface area contributed by atoms with Gasteiger partial charge in [0.1, 0.15) is 5.82 Å². The number of rotatable bonds is 5. The van der Waals surface area contributed by atoms with Crippen LogP contribution in [0.5, 0.6) is 0 Å². The fourth-order valence-corrected chi connectivity index (χ4v) is 3.40. The van der Waals surface area contributed by atoms with Gasteiger partial charge in [-0.25, -0.2) is 9.97 Å². The fourth-order valence-electron chi connectivity index (χ4n) is 2.51. The van der Waals surface area contributed by atoms with E-state index in [-0.39, 0.29) is 0 Å². The second-order valence-corrected chi connectivity index (χ2v) is 7.33. The van der Waals surface area contributed by atoms with Gasteiger partial charge in [0.2, 0.25) is 0 Å². The van der Waals surface area contributed by atoms with Crippen LogP contribution in [0.1, 0.15) is 47.9 Å². The number of hydrogen-bond acceptors (Lipinski definition) is 6. The highest BCUT2D eigenvalue weighted by molar-refractivity contribution is 7.15. The van der Waals surface area contributed by atoms with Crippen LogP contribution < -0.4 is 5.32 Å². The maximum atomic E-state index is 9.68. The summed E-state index contributed by atoms with van der Waals surface area (Å²) in [5.74, 6) is 2.82. The Balaban J connectivity index is 1.60. The van der Waals surface area contributed by atoms with Crippen molar-refractivity contribution >= 4 is 23.0 Å². The third-order valence-corrected chi connectivity index (χ3v) is 5.34. The van der Waals surface area contributed by atoms with E-state index in [1.165, 1.54) is 29.9 Å². The molecule has 0 aliphatic heterocycles. The molecule has 7 heteroatoms. The summed E-state index contributed by atoms with van der Waals surface area (Å²) < 4.78 is 0. The van der Waals surface area contributed by atoms with E-state index in [0.29, 0.717) is 11.7 Å². The molecule has 1 saturated carbocycles. The summed E-state index contributed by atoms with van der Waals surface area (Å²) in [5.41, 5.74) is 2.14. The first-order valence-electron chi connectivity index (χ1n) is 8.04. The second-order valence-electron chi connectivity index (χ2n) is 6.21. The molecular formula is C17H19N5OS. The van der Waals surface area contributed by atoms with E-state index in [2.05, 4.69) is 31.5 Å². The highest BCUT2D eigenvalue weighted by Crippen LogP contribution is 2.39. The van der Waals surface area contributed by atoms with Gasteiger partial charge in [-0.15, -0.1) is 11.3 Å². The summed E-state index contributed by atoms with van der Waals surface area (Å²) in [7, 11) is 0. The number of aryl methyl sites for hydroxylation is 1. The van der Waals surface area contributed by atoms with Crippen molar-refractivity contribution in [2.75, 3.05) is 5.32 Å². The molecule has 6 nitrogen and oxygen atoms in total. The zero-order chi connectivity index (χ0) is 16.7. The van der Waals surface area contributed by atoms with Crippen molar-refractivity contribution in [1.29, 1.82) is 0 Å². The monoisotopic (exact) mass is 341 g/mol. The van der Waals surface area contributed by atoms with Gasteiger partial charge in [-0.05, 0) is 38.8 Å². The minimum atomic E-state index is -0.475. The van der Waals surface area contributed by atoms with Crippen LogP contribution >= 0.6 is 11.3 Å². The van der Waals surface area contributed by atoms with E-state index in [1.807, 2.05) is 19.1 Å². The topological polar surface area (TPSA) is 86.7 Å². The maximum Gasteiger partial charge on any atom is 0.171 e. The molecule has 1 aliphatic rings. The molecule has 3 heterocycles. The number of hydrogen-bond donors (Lipinski definition) is 3. The third kappa shape index (κ3) is 3.05. The van der Waals surface area contributed by atoms with Gasteiger partial charge in [-0.1, -0.05) is 0 Å². The Morgan fingerprint density at radius 1 is 1.38 bits per heavy atom. The number of thiophene rings is 1. The number of nitrogens with one attached hydrogen (secondary N) is 2. The first-order chi connectivity index (χ1) is 11.6. The zero-order valence-corrected chi connectivity index (χ0v) is 14.4. The molecule has 3 aromatic rings. The van der Waals surface area contributed by atoms with Crippen LogP contribution in [0.15, 0.2) is 24.4 Å². The number of H-pyrrole nitrogens is 1. The number of aromatic amines is 1. The van der Waals surface area contributed by atoms with Crippen LogP contribution in [0.3, 0.4) is 0 Å². The molecule has 0 unspecified atom stereocenters. The quantitative estimate of drug-likeness (QED) is 0.655. The maximum absolute atomic E-state index is 9.68. The van der Waals surface area contributed by atoms with Crippen molar-refractivity contribution in [1.82, 2.24) is 20.2 Å². The molecule has 1 aliphatic carbocycles. The summed E-state index contributed by atoms with van der Waals surface area (Å²) in [6.45, 7) is 3.73. The standard InChI is InChI=1S/C17H19N5OS/c1-9-8-18-17(14-6-5-13(24-14)10(2)23)20-16(9)19-15-7-12(21-22-15)11-3-4-11/h5-8,10-11,23H,3-4H2,1-2H3,(H2,18,19,20,21,22)/t10-/m0/s1. The summed E-state index contributed by atoms with van der Waals surface area (Å²) >= 11 is 1.51. The lowest BCUT2D eigenvalue weighted by atomic mass is 10.3. The molecule has 124 valence electrons. The van der Waals surface area contributed by atoms with Crippen LogP contribution in [0.4, 0.5) is 11.6 Å². The van der Waals surface area contributed by atoms with Crippen molar-refractivity contribution in [3.63, 3.8) is 0 Å². The van der Waals surface area contributed by atoms with Crippen LogP contribution in [-0.4, -0.2) is 25.3 Å². The minimum Gasteiger partial charge on any atom is -0.388 e. The smallest absolute Gasteiger partial charge is 0.171 e. The average molecular weight is 341 g/mol. The third-order valence-electron chi connectivity index (χ3n) is 4.09. The Labute approximate surface area is 144 Å². The van der Waals surface area contributed by atoms with E-state index >= 15 is 0 Å². The molecular weight excluding hydrogens is 322 g/mol. The largest absolute Gasteiger partial charge is 0.388 e. The van der Waals surface area contributed by atoms with Crippen molar-refractivity contribution in [3.05, 3.63) is 40.5 Å². The lowest BCUT2D eigenvalue weighted by Crippen LogP contribution is -1.99. The molecule has 0 saturated heterocycles. The van der Waals surface area contributed by atoms with Crippen molar-refractivity contribution in [3.8, 4) is 10.7 Å². The normalized spacial score (nSPS) is 15.5. The summed E-state index contributed by atoms with van der Waals surface area (Å²) in [5, 5.41) is 20.4. The van der Waals surface area contributed by atoms with E-state index in [9.17, 15) is 5.11 Å². The molecule has 0 bridgehead atoms. The zero-order valence-electron chi connectivity index (χ0n) is 13.6. The number of aliphatic hydroxyl groups is 1. The predicted molar refractivity (Wildman–Crippen MR) is 94.6 cm³/mol. The highest BCUT2D eigenvalue weighted by Gasteiger charge is 2.25. The average Bonchev–Trinajstić information content (AvgIpc) is 3.10. The van der Waals surface area contributed by atoms with Gasteiger partial charge in [0, 0.05) is 34.3 Å². The fraction of sp³-hybridized carbons (Fsp3) is 0.353. The van der Waals surface area contributed by atoms with Gasteiger partial charge in [0.05, 0.1) is 11.0 Å². The van der Waals surface area contributed by atoms with Gasteiger partial charge in [0.15, 0.2) is 11.6 Å². The van der Waals surface area contributed by atoms with Gasteiger partial charge in [0.25, 0.3) is 0 Å². The number of nitrogens with zero attached hydrogens (tertiary/aromatic N) is 3. The molecule has 0 aromatic carbocycles. The molecule has 1 atom stereocenters. The highest BCUT2D eigenvalue weighted by atomic mass is 32.1. The Morgan fingerprint density at radius 3 is 2.92 bits per heavy atom. The Hall–Kier alpha value is -2.25. The molecule has 4 rings (SSSR count). The van der Waals surface area contributed by atoms with E-state index < -0.39 is 6.10 Å². The molecule has 24 heavy (non-hydrogen) atoms. The molecule has 3 aromatic heterocycles. The van der Waals surface area contributed by atoms with Crippen LogP contribution in [0, 0.1) is 6.92 Å². The van der Waals surface area contributed by atoms with Crippen molar-refractivity contribution < 1.29 is 5.11 Å². The van der Waals surface area contributed by atoms with Gasteiger partial charge in [-0.2, -0.15) is 5.10 Å². The van der Waals surface area contributed by atoms with Gasteiger partial charge >= 0.3 is 0 Å². The minimum absolute atomic E-state index is 0.475. The SMILES string of the molecule is Cc1cnc(-c2ccc([C@H](C)O)s2)nc1Nc1cc(C2CC2)[nH]n1. The molecule has 1 fully saturated rings. The lowest BCUT2D eigenvalue weighted by molar-refractivity contribution is 0.203. The predicted octanol–water partition coefficient (Wildman–Crippen LogP) is 3.91. The molecule has 0 radical (unpaired) electrons. The molecule has 3 N–H and O–H groups in total. The van der Waals surface area contributed by atoms with E-state index in [4.69, 9.17) is 0 Å². The Kier molecular flexibility index (Phi) is 3.82. The van der Waals surface area contributed by atoms with Crippen LogP contribution in [0.25, 0.3) is 10.7 Å². The van der Waals surface area contributed by atoms with Gasteiger partial charge < -0.3 is 10.4 Å². The number of anilines is 2. The first kappa shape index (κ1) is 15.3. The molecule has 0 spiro atoms. The first-order valence-corrected chi connectivity index (χ1v) is 8.86. The van der Waals surface area contributed by atoms with Crippen molar-refractivity contribution in [2.24, 2.45) is 0 Å². The van der Waals surface area contributed by atoms with E-state index in [1.54, 1.807) is 13.1 Å². The second kappa shape index (κ2) is 5.99. The lowest BCUT2D eigenvalue weighted by Gasteiger charge is -2.07. The number of aliphatic hydroxyl groups excluding tert-OH is 1. The Bertz CT molecular complexity index is 866. The van der Waals surface area contributed by atoms with Crippen LogP contribution in [-0.2, 0) is 0 Å². The van der Waals surface area contributed by atoms with Crippen molar-refractivity contribution in [2.45, 2.75) is 38.7 Å². The summed E-state index contributed by atoms with van der Waals surface area (Å²) in [6.07, 6.45) is 3.81.